The molecule has 2 aromatic carbocycles. The summed E-state index contributed by atoms with van der Waals surface area (Å²) in [4.78, 5) is 16.1. The van der Waals surface area contributed by atoms with Crippen molar-refractivity contribution in [1.29, 1.82) is 0 Å². The second kappa shape index (κ2) is 8.26. The SMILES string of the molecule is CC(C)CN(C(=O)c1ccc(Cl)cc1Cl)c1csc(-c2ccccc2)c1. The maximum atomic E-state index is 13.2. The Kier molecular flexibility index (Phi) is 6.02. The van der Waals surface area contributed by atoms with Crippen molar-refractivity contribution < 1.29 is 4.79 Å². The Balaban J connectivity index is 1.96. The maximum absolute atomic E-state index is 13.2. The number of rotatable bonds is 5. The number of carbonyl (C=O) groups excluding carboxylic acids is 1. The quantitative estimate of drug-likeness (QED) is 0.447. The molecule has 0 saturated carbocycles. The van der Waals surface area contributed by atoms with Gasteiger partial charge in [-0.1, -0.05) is 67.4 Å². The number of amides is 1. The van der Waals surface area contributed by atoms with Gasteiger partial charge in [-0.15, -0.1) is 11.3 Å². The minimum Gasteiger partial charge on any atom is -0.307 e. The van der Waals surface area contributed by atoms with Gasteiger partial charge in [0.15, 0.2) is 0 Å². The highest BCUT2D eigenvalue weighted by atomic mass is 35.5. The summed E-state index contributed by atoms with van der Waals surface area (Å²) in [5.74, 6) is 0.211. The normalized spacial score (nSPS) is 11.0. The first kappa shape index (κ1) is 19.0. The highest BCUT2D eigenvalue weighted by Crippen LogP contribution is 2.33. The molecule has 0 aliphatic heterocycles. The van der Waals surface area contributed by atoms with E-state index in [1.807, 2.05) is 23.6 Å². The number of nitrogens with zero attached hydrogens (tertiary/aromatic N) is 1. The van der Waals surface area contributed by atoms with Crippen LogP contribution in [0.5, 0.6) is 0 Å². The monoisotopic (exact) mass is 403 g/mol. The minimum atomic E-state index is -0.113. The predicted molar refractivity (Wildman–Crippen MR) is 113 cm³/mol. The van der Waals surface area contributed by atoms with Crippen molar-refractivity contribution in [3.05, 3.63) is 75.6 Å². The van der Waals surface area contributed by atoms with Gasteiger partial charge >= 0.3 is 0 Å². The van der Waals surface area contributed by atoms with Crippen molar-refractivity contribution in [2.45, 2.75) is 13.8 Å². The van der Waals surface area contributed by atoms with Crippen molar-refractivity contribution in [3.63, 3.8) is 0 Å². The number of thiophene rings is 1. The van der Waals surface area contributed by atoms with Crippen LogP contribution in [0.4, 0.5) is 5.69 Å². The molecule has 5 heteroatoms. The number of hydrogen-bond acceptors (Lipinski definition) is 2. The van der Waals surface area contributed by atoms with Crippen molar-refractivity contribution in [2.24, 2.45) is 5.92 Å². The van der Waals surface area contributed by atoms with Gasteiger partial charge in [-0.3, -0.25) is 4.79 Å². The van der Waals surface area contributed by atoms with E-state index in [0.29, 0.717) is 28.1 Å². The summed E-state index contributed by atoms with van der Waals surface area (Å²) >= 11 is 13.9. The Morgan fingerprint density at radius 2 is 1.81 bits per heavy atom. The van der Waals surface area contributed by atoms with Crippen molar-refractivity contribution in [2.75, 3.05) is 11.4 Å². The highest BCUT2D eigenvalue weighted by molar-refractivity contribution is 7.14. The van der Waals surface area contributed by atoms with E-state index in [1.165, 1.54) is 0 Å². The van der Waals surface area contributed by atoms with Crippen LogP contribution in [0.1, 0.15) is 24.2 Å². The molecule has 0 fully saturated rings. The molecule has 0 bridgehead atoms. The van der Waals surface area contributed by atoms with Crippen molar-refractivity contribution in [1.82, 2.24) is 0 Å². The van der Waals surface area contributed by atoms with E-state index >= 15 is 0 Å². The fraction of sp³-hybridized carbons (Fsp3) is 0.190. The standard InChI is InChI=1S/C21H19Cl2NOS/c1-14(2)12-24(21(25)18-9-8-16(22)10-19(18)23)17-11-20(26-13-17)15-6-4-3-5-7-15/h3-11,13-14H,12H2,1-2H3. The lowest BCUT2D eigenvalue weighted by Crippen LogP contribution is -2.34. The van der Waals surface area contributed by atoms with E-state index in [0.717, 1.165) is 16.1 Å². The second-order valence-electron chi connectivity index (χ2n) is 6.47. The molecule has 1 heterocycles. The minimum absolute atomic E-state index is 0.113. The number of benzene rings is 2. The zero-order chi connectivity index (χ0) is 18.7. The average molecular weight is 404 g/mol. The third-order valence-corrected chi connectivity index (χ3v) is 5.42. The van der Waals surface area contributed by atoms with Crippen LogP contribution < -0.4 is 4.90 Å². The molecule has 0 aliphatic carbocycles. The second-order valence-corrected chi connectivity index (χ2v) is 8.22. The fourth-order valence-corrected chi connectivity index (χ4v) is 4.09. The third-order valence-electron chi connectivity index (χ3n) is 3.91. The number of halogens is 2. The van der Waals surface area contributed by atoms with Gasteiger partial charge in [0, 0.05) is 21.8 Å². The van der Waals surface area contributed by atoms with Crippen LogP contribution in [0.15, 0.2) is 60.0 Å². The average Bonchev–Trinajstić information content (AvgIpc) is 3.09. The maximum Gasteiger partial charge on any atom is 0.259 e. The summed E-state index contributed by atoms with van der Waals surface area (Å²) in [6, 6.07) is 17.2. The predicted octanol–water partition coefficient (Wildman–Crippen LogP) is 7.02. The number of hydrogen-bond donors (Lipinski definition) is 0. The molecule has 0 saturated heterocycles. The van der Waals surface area contributed by atoms with Crippen LogP contribution in [0.25, 0.3) is 10.4 Å². The fourth-order valence-electron chi connectivity index (χ4n) is 2.70. The Morgan fingerprint density at radius 1 is 1.08 bits per heavy atom. The molecule has 0 aliphatic rings. The lowest BCUT2D eigenvalue weighted by molar-refractivity contribution is 0.0984. The lowest BCUT2D eigenvalue weighted by atomic mass is 10.1. The summed E-state index contributed by atoms with van der Waals surface area (Å²) < 4.78 is 0. The Bertz CT molecular complexity index is 905. The summed E-state index contributed by atoms with van der Waals surface area (Å²) in [7, 11) is 0. The molecule has 26 heavy (non-hydrogen) atoms. The first-order valence-electron chi connectivity index (χ1n) is 8.36. The Labute approximate surface area is 168 Å². The molecular weight excluding hydrogens is 385 g/mol. The van der Waals surface area contributed by atoms with Gasteiger partial charge in [0.05, 0.1) is 16.3 Å². The smallest absolute Gasteiger partial charge is 0.259 e. The molecule has 0 atom stereocenters. The molecule has 3 aromatic rings. The van der Waals surface area contributed by atoms with E-state index in [-0.39, 0.29) is 5.91 Å². The van der Waals surface area contributed by atoms with Crippen LogP contribution in [0.3, 0.4) is 0 Å². The molecule has 2 nitrogen and oxygen atoms in total. The van der Waals surface area contributed by atoms with Crippen molar-refractivity contribution in [3.8, 4) is 10.4 Å². The van der Waals surface area contributed by atoms with Gasteiger partial charge in [0.2, 0.25) is 0 Å². The summed E-state index contributed by atoms with van der Waals surface area (Å²) in [6.45, 7) is 4.80. The van der Waals surface area contributed by atoms with Crippen LogP contribution in [-0.4, -0.2) is 12.5 Å². The van der Waals surface area contributed by atoms with Crippen LogP contribution >= 0.6 is 34.5 Å². The molecule has 1 amide bonds. The zero-order valence-corrected chi connectivity index (χ0v) is 16.9. The molecule has 1 aromatic heterocycles. The van der Waals surface area contributed by atoms with E-state index < -0.39 is 0 Å². The van der Waals surface area contributed by atoms with Crippen LogP contribution in [0.2, 0.25) is 10.0 Å². The lowest BCUT2D eigenvalue weighted by Gasteiger charge is -2.24. The Morgan fingerprint density at radius 3 is 2.46 bits per heavy atom. The van der Waals surface area contributed by atoms with Gasteiger partial charge in [-0.2, -0.15) is 0 Å². The van der Waals surface area contributed by atoms with E-state index in [9.17, 15) is 4.79 Å². The number of carbonyl (C=O) groups is 1. The number of anilines is 1. The van der Waals surface area contributed by atoms with Gasteiger partial charge < -0.3 is 4.90 Å². The summed E-state index contributed by atoms with van der Waals surface area (Å²) in [5.41, 5.74) is 2.49. The van der Waals surface area contributed by atoms with Crippen molar-refractivity contribution >= 4 is 46.1 Å². The molecule has 3 rings (SSSR count). The molecule has 0 N–H and O–H groups in total. The third kappa shape index (κ3) is 4.29. The summed E-state index contributed by atoms with van der Waals surface area (Å²) in [5, 5.41) is 2.91. The first-order chi connectivity index (χ1) is 12.5. The molecule has 0 unspecified atom stereocenters. The molecular formula is C21H19Cl2NOS. The molecule has 0 radical (unpaired) electrons. The summed E-state index contributed by atoms with van der Waals surface area (Å²) in [6.07, 6.45) is 0. The van der Waals surface area contributed by atoms with E-state index in [2.05, 4.69) is 32.0 Å². The topological polar surface area (TPSA) is 20.3 Å². The largest absolute Gasteiger partial charge is 0.307 e. The Hall–Kier alpha value is -1.81. The first-order valence-corrected chi connectivity index (χ1v) is 10.00. The van der Waals surface area contributed by atoms with Crippen LogP contribution in [0, 0.1) is 5.92 Å². The molecule has 134 valence electrons. The highest BCUT2D eigenvalue weighted by Gasteiger charge is 2.22. The van der Waals surface area contributed by atoms with Crippen LogP contribution in [-0.2, 0) is 0 Å². The van der Waals surface area contributed by atoms with E-state index in [1.54, 1.807) is 34.4 Å². The van der Waals surface area contributed by atoms with Gasteiger partial charge in [0.1, 0.15) is 0 Å². The molecule has 0 spiro atoms. The van der Waals surface area contributed by atoms with Gasteiger partial charge in [0.25, 0.3) is 5.91 Å². The van der Waals surface area contributed by atoms with E-state index in [4.69, 9.17) is 23.2 Å². The zero-order valence-electron chi connectivity index (χ0n) is 14.6. The van der Waals surface area contributed by atoms with Gasteiger partial charge in [-0.25, -0.2) is 0 Å². The van der Waals surface area contributed by atoms with Gasteiger partial charge in [-0.05, 0) is 35.7 Å².